The van der Waals surface area contributed by atoms with Crippen molar-refractivity contribution >= 4 is 0 Å². The zero-order valence-corrected chi connectivity index (χ0v) is 8.97. The van der Waals surface area contributed by atoms with Crippen LogP contribution in [0.2, 0.25) is 0 Å². The molecule has 2 atom stereocenters. The van der Waals surface area contributed by atoms with E-state index in [-0.39, 0.29) is 5.41 Å². The lowest BCUT2D eigenvalue weighted by molar-refractivity contribution is 0.0780. The standard InChI is InChI=1S/C10H22N2O/c1-10(2,3)9(12-11)7-8-5-4-6-13-8/h8-9,12H,4-7,11H2,1-3H3. The Kier molecular flexibility index (Phi) is 3.71. The Balaban J connectivity index is 2.39. The van der Waals surface area contributed by atoms with E-state index in [1.54, 1.807) is 0 Å². The van der Waals surface area contributed by atoms with Crippen LogP contribution < -0.4 is 11.3 Å². The van der Waals surface area contributed by atoms with Crippen molar-refractivity contribution in [1.82, 2.24) is 5.43 Å². The third-order valence-corrected chi connectivity index (χ3v) is 2.77. The van der Waals surface area contributed by atoms with Crippen molar-refractivity contribution in [1.29, 1.82) is 0 Å². The largest absolute Gasteiger partial charge is 0.378 e. The number of hydrogen-bond donors (Lipinski definition) is 2. The molecule has 0 amide bonds. The van der Waals surface area contributed by atoms with E-state index in [9.17, 15) is 0 Å². The molecular formula is C10H22N2O. The second-order valence-corrected chi connectivity index (χ2v) is 4.96. The number of hydrogen-bond acceptors (Lipinski definition) is 3. The normalized spacial score (nSPS) is 26.3. The highest BCUT2D eigenvalue weighted by Crippen LogP contribution is 2.26. The van der Waals surface area contributed by atoms with Gasteiger partial charge in [-0.05, 0) is 24.7 Å². The van der Waals surface area contributed by atoms with Gasteiger partial charge in [0, 0.05) is 12.6 Å². The van der Waals surface area contributed by atoms with E-state index in [4.69, 9.17) is 10.6 Å². The van der Waals surface area contributed by atoms with Gasteiger partial charge in [-0.1, -0.05) is 20.8 Å². The van der Waals surface area contributed by atoms with Gasteiger partial charge in [0.2, 0.25) is 0 Å². The summed E-state index contributed by atoms with van der Waals surface area (Å²) in [5, 5.41) is 0. The van der Waals surface area contributed by atoms with Gasteiger partial charge in [-0.3, -0.25) is 11.3 Å². The topological polar surface area (TPSA) is 47.3 Å². The van der Waals surface area contributed by atoms with Gasteiger partial charge in [-0.2, -0.15) is 0 Å². The fourth-order valence-electron chi connectivity index (χ4n) is 1.76. The van der Waals surface area contributed by atoms with Crippen LogP contribution in [0.15, 0.2) is 0 Å². The summed E-state index contributed by atoms with van der Waals surface area (Å²) >= 11 is 0. The number of ether oxygens (including phenoxy) is 1. The second-order valence-electron chi connectivity index (χ2n) is 4.96. The maximum Gasteiger partial charge on any atom is 0.0591 e. The van der Waals surface area contributed by atoms with E-state index in [1.165, 1.54) is 12.8 Å². The summed E-state index contributed by atoms with van der Waals surface area (Å²) in [5.41, 5.74) is 3.10. The van der Waals surface area contributed by atoms with Crippen molar-refractivity contribution in [3.05, 3.63) is 0 Å². The van der Waals surface area contributed by atoms with E-state index >= 15 is 0 Å². The fourth-order valence-corrected chi connectivity index (χ4v) is 1.76. The minimum atomic E-state index is 0.209. The van der Waals surface area contributed by atoms with Crippen molar-refractivity contribution in [3.8, 4) is 0 Å². The maximum absolute atomic E-state index is 5.58. The molecule has 0 aromatic carbocycles. The summed E-state index contributed by atoms with van der Waals surface area (Å²) in [5.74, 6) is 5.53. The third kappa shape index (κ3) is 3.25. The molecule has 1 heterocycles. The lowest BCUT2D eigenvalue weighted by Crippen LogP contribution is -2.46. The molecule has 3 heteroatoms. The van der Waals surface area contributed by atoms with Gasteiger partial charge >= 0.3 is 0 Å². The van der Waals surface area contributed by atoms with Crippen LogP contribution in [0.4, 0.5) is 0 Å². The molecule has 13 heavy (non-hydrogen) atoms. The van der Waals surface area contributed by atoms with Gasteiger partial charge in [0.25, 0.3) is 0 Å². The number of rotatable bonds is 3. The van der Waals surface area contributed by atoms with Gasteiger partial charge in [0.05, 0.1) is 6.10 Å². The Bertz CT molecular complexity index is 147. The van der Waals surface area contributed by atoms with E-state index in [0.717, 1.165) is 13.0 Å². The van der Waals surface area contributed by atoms with Crippen LogP contribution in [0.1, 0.15) is 40.0 Å². The van der Waals surface area contributed by atoms with Crippen LogP contribution in [0, 0.1) is 5.41 Å². The van der Waals surface area contributed by atoms with Crippen LogP contribution in [0.5, 0.6) is 0 Å². The molecule has 1 rings (SSSR count). The molecule has 1 fully saturated rings. The Morgan fingerprint density at radius 3 is 2.62 bits per heavy atom. The lowest BCUT2D eigenvalue weighted by Gasteiger charge is -2.31. The van der Waals surface area contributed by atoms with Crippen molar-refractivity contribution in [2.75, 3.05) is 6.61 Å². The first-order valence-corrected chi connectivity index (χ1v) is 5.12. The first kappa shape index (κ1) is 11.0. The predicted molar refractivity (Wildman–Crippen MR) is 54.2 cm³/mol. The van der Waals surface area contributed by atoms with Crippen molar-refractivity contribution in [2.45, 2.75) is 52.2 Å². The Morgan fingerprint density at radius 2 is 2.23 bits per heavy atom. The van der Waals surface area contributed by atoms with E-state index < -0.39 is 0 Å². The average molecular weight is 186 g/mol. The molecule has 0 saturated carbocycles. The molecule has 0 spiro atoms. The zero-order chi connectivity index (χ0) is 9.90. The molecule has 0 aromatic heterocycles. The van der Waals surface area contributed by atoms with E-state index in [0.29, 0.717) is 12.1 Å². The molecular weight excluding hydrogens is 164 g/mol. The van der Waals surface area contributed by atoms with Crippen LogP contribution in [-0.4, -0.2) is 18.8 Å². The first-order chi connectivity index (χ1) is 6.04. The zero-order valence-electron chi connectivity index (χ0n) is 8.97. The summed E-state index contributed by atoms with van der Waals surface area (Å²) in [4.78, 5) is 0. The van der Waals surface area contributed by atoms with E-state index in [1.807, 2.05) is 0 Å². The molecule has 2 unspecified atom stereocenters. The molecule has 1 aliphatic rings. The molecule has 3 nitrogen and oxygen atoms in total. The van der Waals surface area contributed by atoms with Gasteiger partial charge in [0.1, 0.15) is 0 Å². The molecule has 3 N–H and O–H groups in total. The van der Waals surface area contributed by atoms with Crippen molar-refractivity contribution in [2.24, 2.45) is 11.3 Å². The quantitative estimate of drug-likeness (QED) is 0.518. The summed E-state index contributed by atoms with van der Waals surface area (Å²) in [6.45, 7) is 7.53. The molecule has 0 aliphatic carbocycles. The smallest absolute Gasteiger partial charge is 0.0591 e. The van der Waals surface area contributed by atoms with Gasteiger partial charge in [-0.25, -0.2) is 0 Å². The molecule has 0 radical (unpaired) electrons. The number of nitrogens with two attached hydrogens (primary N) is 1. The summed E-state index contributed by atoms with van der Waals surface area (Å²) in [6.07, 6.45) is 3.83. The van der Waals surface area contributed by atoms with Crippen LogP contribution in [0.3, 0.4) is 0 Å². The summed E-state index contributed by atoms with van der Waals surface area (Å²) in [7, 11) is 0. The summed E-state index contributed by atoms with van der Waals surface area (Å²) in [6, 6.07) is 0.343. The molecule has 1 saturated heterocycles. The van der Waals surface area contributed by atoms with Crippen molar-refractivity contribution in [3.63, 3.8) is 0 Å². The van der Waals surface area contributed by atoms with Gasteiger partial charge in [0.15, 0.2) is 0 Å². The highest BCUT2D eigenvalue weighted by molar-refractivity contribution is 4.82. The fraction of sp³-hybridized carbons (Fsp3) is 1.00. The Labute approximate surface area is 81.0 Å². The summed E-state index contributed by atoms with van der Waals surface area (Å²) < 4.78 is 5.58. The lowest BCUT2D eigenvalue weighted by atomic mass is 9.83. The Morgan fingerprint density at radius 1 is 1.54 bits per heavy atom. The van der Waals surface area contributed by atoms with Crippen molar-refractivity contribution < 1.29 is 4.74 Å². The second kappa shape index (κ2) is 4.40. The third-order valence-electron chi connectivity index (χ3n) is 2.77. The molecule has 78 valence electrons. The van der Waals surface area contributed by atoms with Gasteiger partial charge < -0.3 is 4.74 Å². The van der Waals surface area contributed by atoms with Gasteiger partial charge in [-0.15, -0.1) is 0 Å². The Hall–Kier alpha value is -0.120. The molecule has 1 aliphatic heterocycles. The SMILES string of the molecule is CC(C)(C)C(CC1CCCO1)NN. The number of hydrazine groups is 1. The average Bonchev–Trinajstić information content (AvgIpc) is 2.49. The number of nitrogens with one attached hydrogen (secondary N) is 1. The monoisotopic (exact) mass is 186 g/mol. The predicted octanol–water partition coefficient (Wildman–Crippen LogP) is 1.43. The minimum Gasteiger partial charge on any atom is -0.378 e. The highest BCUT2D eigenvalue weighted by Gasteiger charge is 2.28. The van der Waals surface area contributed by atoms with Crippen LogP contribution >= 0.6 is 0 Å². The molecule has 0 aromatic rings. The minimum absolute atomic E-state index is 0.209. The maximum atomic E-state index is 5.58. The molecule has 0 bridgehead atoms. The van der Waals surface area contributed by atoms with E-state index in [2.05, 4.69) is 26.2 Å². The first-order valence-electron chi connectivity index (χ1n) is 5.12. The van der Waals surface area contributed by atoms with Crippen LogP contribution in [-0.2, 0) is 4.74 Å². The highest BCUT2D eigenvalue weighted by atomic mass is 16.5. The van der Waals surface area contributed by atoms with Crippen LogP contribution in [0.25, 0.3) is 0 Å².